The fourth-order valence-electron chi connectivity index (χ4n) is 2.86. The van der Waals surface area contributed by atoms with E-state index in [0.29, 0.717) is 10.6 Å². The van der Waals surface area contributed by atoms with E-state index in [0.717, 1.165) is 34.6 Å². The van der Waals surface area contributed by atoms with Crippen LogP contribution in [0.3, 0.4) is 0 Å². The van der Waals surface area contributed by atoms with Crippen molar-refractivity contribution in [3.05, 3.63) is 30.3 Å². The fourth-order valence-corrected chi connectivity index (χ4v) is 7.37. The van der Waals surface area contributed by atoms with Crippen LogP contribution in [0.2, 0.25) is 0 Å². The summed E-state index contributed by atoms with van der Waals surface area (Å²) in [5.74, 6) is 0. The first-order valence-electron chi connectivity index (χ1n) is 8.03. The molecule has 0 atom stereocenters. The summed E-state index contributed by atoms with van der Waals surface area (Å²) in [6.45, 7) is 0. The molecule has 11 heteroatoms. The van der Waals surface area contributed by atoms with Gasteiger partial charge in [0.05, 0.1) is 30.0 Å². The van der Waals surface area contributed by atoms with Gasteiger partial charge in [0.1, 0.15) is 5.52 Å². The first kappa shape index (κ1) is 18.3. The number of hydrogen-bond donors (Lipinski definition) is 1. The van der Waals surface area contributed by atoms with Gasteiger partial charge in [-0.2, -0.15) is 0 Å². The van der Waals surface area contributed by atoms with Gasteiger partial charge >= 0.3 is 0 Å². The minimum absolute atomic E-state index is 0.245. The van der Waals surface area contributed by atoms with E-state index in [-0.39, 0.29) is 4.90 Å². The van der Waals surface area contributed by atoms with Crippen molar-refractivity contribution in [2.75, 3.05) is 17.8 Å². The second kappa shape index (κ2) is 6.63. The Labute approximate surface area is 176 Å². The van der Waals surface area contributed by atoms with E-state index in [1.54, 1.807) is 46.6 Å². The molecule has 3 aromatic heterocycles. The van der Waals surface area contributed by atoms with Crippen LogP contribution in [0.15, 0.2) is 39.6 Å². The molecular formula is C17H12N4O2S5. The summed E-state index contributed by atoms with van der Waals surface area (Å²) in [5, 5.41) is 4.59. The second-order valence-electron chi connectivity index (χ2n) is 5.98. The van der Waals surface area contributed by atoms with Crippen LogP contribution in [-0.2, 0) is 9.84 Å². The predicted octanol–water partition coefficient (Wildman–Crippen LogP) is 5.38. The second-order valence-corrected chi connectivity index (χ2v) is 12.1. The van der Waals surface area contributed by atoms with Crippen LogP contribution in [0.4, 0.5) is 10.3 Å². The Morgan fingerprint density at radius 2 is 1.64 bits per heavy atom. The summed E-state index contributed by atoms with van der Waals surface area (Å²) in [4.78, 5) is 14.0. The van der Waals surface area contributed by atoms with Crippen LogP contribution in [0, 0.1) is 0 Å². The van der Waals surface area contributed by atoms with Gasteiger partial charge in [0.15, 0.2) is 24.4 Å². The van der Waals surface area contributed by atoms with Gasteiger partial charge in [0.25, 0.3) is 0 Å². The van der Waals surface area contributed by atoms with Gasteiger partial charge < -0.3 is 5.32 Å². The molecule has 0 spiro atoms. The lowest BCUT2D eigenvalue weighted by Gasteiger charge is -1.97. The SMILES string of the molecule is CSc1nc2ccc3nc(Nc4nc5c(S(C)(=O)=O)cccc5s4)sc3c2s1. The molecule has 142 valence electrons. The molecular weight excluding hydrogens is 453 g/mol. The van der Waals surface area contributed by atoms with E-state index in [1.807, 2.05) is 24.5 Å². The maximum atomic E-state index is 12.0. The van der Waals surface area contributed by atoms with Gasteiger partial charge in [0.2, 0.25) is 0 Å². The molecule has 0 radical (unpaired) electrons. The molecule has 6 nitrogen and oxygen atoms in total. The van der Waals surface area contributed by atoms with E-state index in [9.17, 15) is 8.42 Å². The number of aromatic nitrogens is 3. The number of sulfone groups is 1. The van der Waals surface area contributed by atoms with Crippen LogP contribution in [0.5, 0.6) is 0 Å². The number of hydrogen-bond acceptors (Lipinski definition) is 10. The van der Waals surface area contributed by atoms with Crippen LogP contribution >= 0.6 is 45.8 Å². The van der Waals surface area contributed by atoms with Crippen molar-refractivity contribution in [1.29, 1.82) is 0 Å². The Kier molecular flexibility index (Phi) is 4.32. The van der Waals surface area contributed by atoms with Crippen molar-refractivity contribution in [3.63, 3.8) is 0 Å². The van der Waals surface area contributed by atoms with Gasteiger partial charge in [-0.1, -0.05) is 40.5 Å². The number of para-hydroxylation sites is 1. The first-order valence-corrected chi connectivity index (χ1v) is 13.6. The van der Waals surface area contributed by atoms with Crippen LogP contribution in [-0.4, -0.2) is 35.9 Å². The Bertz CT molecular complexity index is 1470. The summed E-state index contributed by atoms with van der Waals surface area (Å²) < 4.78 is 28.1. The fraction of sp³-hybridized carbons (Fsp3) is 0.118. The average molecular weight is 465 g/mol. The van der Waals surface area contributed by atoms with Crippen LogP contribution < -0.4 is 5.32 Å². The molecule has 1 N–H and O–H groups in total. The zero-order chi connectivity index (χ0) is 19.5. The van der Waals surface area contributed by atoms with E-state index in [2.05, 4.69) is 20.3 Å². The Morgan fingerprint density at radius 3 is 2.39 bits per heavy atom. The molecule has 0 saturated carbocycles. The number of benzene rings is 2. The molecule has 5 aromatic rings. The normalized spacial score (nSPS) is 12.4. The van der Waals surface area contributed by atoms with E-state index < -0.39 is 9.84 Å². The highest BCUT2D eigenvalue weighted by Gasteiger charge is 2.17. The lowest BCUT2D eigenvalue weighted by atomic mass is 10.3. The predicted molar refractivity (Wildman–Crippen MR) is 121 cm³/mol. The standard InChI is InChI=1S/C17H12N4O2S5/c1-24-17-19-9-7-6-8-13(14(9)27-17)26-15(18-8)21-16-20-12-10(25-16)4-3-5-11(12)28(2,22)23/h3-7H,1-2H3,(H,18,20,21). The topological polar surface area (TPSA) is 84.8 Å². The number of fused-ring (bicyclic) bond motifs is 4. The minimum Gasteiger partial charge on any atom is -0.307 e. The van der Waals surface area contributed by atoms with Gasteiger partial charge in [0, 0.05) is 6.26 Å². The molecule has 0 aliphatic heterocycles. The van der Waals surface area contributed by atoms with Gasteiger partial charge in [-0.3, -0.25) is 0 Å². The molecule has 0 aliphatic carbocycles. The monoisotopic (exact) mass is 464 g/mol. The average Bonchev–Trinajstić information content (AvgIpc) is 3.34. The molecule has 2 aromatic carbocycles. The molecule has 0 fully saturated rings. The molecule has 28 heavy (non-hydrogen) atoms. The van der Waals surface area contributed by atoms with Crippen molar-refractivity contribution in [1.82, 2.24) is 15.0 Å². The maximum absolute atomic E-state index is 12.0. The summed E-state index contributed by atoms with van der Waals surface area (Å²) in [5.41, 5.74) is 2.39. The Balaban J connectivity index is 1.58. The maximum Gasteiger partial charge on any atom is 0.190 e. The highest BCUT2D eigenvalue weighted by Crippen LogP contribution is 2.39. The molecule has 0 amide bonds. The smallest absolute Gasteiger partial charge is 0.190 e. The summed E-state index contributed by atoms with van der Waals surface area (Å²) in [7, 11) is -3.34. The van der Waals surface area contributed by atoms with Gasteiger partial charge in [-0.05, 0) is 30.5 Å². The molecule has 0 saturated heterocycles. The number of nitrogens with zero attached hydrogens (tertiary/aromatic N) is 3. The van der Waals surface area contributed by atoms with Gasteiger partial charge in [-0.15, -0.1) is 11.3 Å². The van der Waals surface area contributed by atoms with E-state index in [1.165, 1.54) is 17.6 Å². The minimum atomic E-state index is -3.34. The van der Waals surface area contributed by atoms with Crippen LogP contribution in [0.25, 0.3) is 30.6 Å². The zero-order valence-corrected chi connectivity index (χ0v) is 18.7. The molecule has 3 heterocycles. The third kappa shape index (κ3) is 3.07. The molecule has 0 aliphatic rings. The highest BCUT2D eigenvalue weighted by molar-refractivity contribution is 8.00. The number of thiazole rings is 3. The van der Waals surface area contributed by atoms with Crippen molar-refractivity contribution in [2.24, 2.45) is 0 Å². The third-order valence-electron chi connectivity index (χ3n) is 4.06. The first-order chi connectivity index (χ1) is 13.4. The van der Waals surface area contributed by atoms with Gasteiger partial charge in [-0.25, -0.2) is 23.4 Å². The van der Waals surface area contributed by atoms with Crippen molar-refractivity contribution < 1.29 is 8.42 Å². The van der Waals surface area contributed by atoms with Crippen molar-refractivity contribution in [3.8, 4) is 0 Å². The van der Waals surface area contributed by atoms with E-state index >= 15 is 0 Å². The third-order valence-corrected chi connectivity index (χ3v) is 9.33. The Hall–Kier alpha value is -1.79. The largest absolute Gasteiger partial charge is 0.307 e. The zero-order valence-electron chi connectivity index (χ0n) is 14.6. The Morgan fingerprint density at radius 1 is 0.929 bits per heavy atom. The lowest BCUT2D eigenvalue weighted by Crippen LogP contribution is -1.97. The quantitative estimate of drug-likeness (QED) is 0.357. The van der Waals surface area contributed by atoms with Crippen molar-refractivity contribution >= 4 is 96.5 Å². The molecule has 0 bridgehead atoms. The number of nitrogens with one attached hydrogen (secondary N) is 1. The molecule has 0 unspecified atom stereocenters. The summed E-state index contributed by atoms with van der Waals surface area (Å²) in [6, 6.07) is 9.16. The van der Waals surface area contributed by atoms with Crippen LogP contribution in [0.1, 0.15) is 0 Å². The van der Waals surface area contributed by atoms with Crippen molar-refractivity contribution in [2.45, 2.75) is 9.24 Å². The lowest BCUT2D eigenvalue weighted by molar-refractivity contribution is 0.602. The highest BCUT2D eigenvalue weighted by atomic mass is 32.2. The number of anilines is 2. The summed E-state index contributed by atoms with van der Waals surface area (Å²) in [6.07, 6.45) is 3.22. The molecule has 5 rings (SSSR count). The van der Waals surface area contributed by atoms with E-state index in [4.69, 9.17) is 0 Å². The summed E-state index contributed by atoms with van der Waals surface area (Å²) >= 11 is 6.27. The number of rotatable bonds is 4. The number of thioether (sulfide) groups is 1.